The third-order valence-electron chi connectivity index (χ3n) is 5.03. The molecular formula is C29H22IrN4O2+. The van der Waals surface area contributed by atoms with Crippen molar-refractivity contribution >= 4 is 55.2 Å². The first-order valence-electron chi connectivity index (χ1n) is 11.0. The van der Waals surface area contributed by atoms with E-state index in [2.05, 4.69) is 32.1 Å². The largest absolute Gasteiger partial charge is 3.00 e. The van der Waals surface area contributed by atoms with Crippen LogP contribution < -0.4 is 0 Å². The minimum Gasteiger partial charge on any atom is -0.352 e. The van der Waals surface area contributed by atoms with Gasteiger partial charge in [-0.05, 0) is 58.8 Å². The Labute approximate surface area is 222 Å². The quantitative estimate of drug-likeness (QED) is 0.136. The maximum atomic E-state index is 10.0. The summed E-state index contributed by atoms with van der Waals surface area (Å²) in [6.45, 7) is 2.81. The van der Waals surface area contributed by atoms with Crippen molar-refractivity contribution in [3.8, 4) is 0 Å². The minimum atomic E-state index is -0.0625. The number of aromatic nitrogens is 4. The standard InChI is InChI=1S/2C12H7N2.C5H8O2.Ir/c2*1-3-9-5-6-11-10(4-2-7-13-11)12(9)14-8-1;1-4(6)3-5(2)7;/h2*1-3,5-8H;3H2,1-2H3;/q2*-1;;+3. The topological polar surface area (TPSA) is 85.7 Å². The molecule has 4 heterocycles. The first-order valence-corrected chi connectivity index (χ1v) is 11.0. The Balaban J connectivity index is 0.000000158. The van der Waals surface area contributed by atoms with Crippen molar-refractivity contribution in [2.75, 3.05) is 0 Å². The van der Waals surface area contributed by atoms with Crippen LogP contribution in [-0.2, 0) is 29.7 Å². The Morgan fingerprint density at radius 2 is 1.08 bits per heavy atom. The number of rotatable bonds is 2. The molecule has 0 atom stereocenters. The second-order valence-electron chi connectivity index (χ2n) is 7.83. The number of fused-ring (bicyclic) bond motifs is 6. The van der Waals surface area contributed by atoms with Gasteiger partial charge in [0.15, 0.2) is 0 Å². The van der Waals surface area contributed by atoms with Crippen molar-refractivity contribution in [3.63, 3.8) is 0 Å². The molecule has 0 spiro atoms. The minimum absolute atomic E-state index is 0. The number of hydrogen-bond acceptors (Lipinski definition) is 6. The van der Waals surface area contributed by atoms with Crippen LogP contribution in [0.25, 0.3) is 43.6 Å². The van der Waals surface area contributed by atoms with E-state index in [4.69, 9.17) is 0 Å². The van der Waals surface area contributed by atoms with Gasteiger partial charge in [0.1, 0.15) is 11.6 Å². The predicted octanol–water partition coefficient (Wildman–Crippen LogP) is 5.72. The molecule has 2 aromatic carbocycles. The van der Waals surface area contributed by atoms with Crippen molar-refractivity contribution < 1.29 is 29.7 Å². The molecule has 0 saturated heterocycles. The predicted molar refractivity (Wildman–Crippen MR) is 138 cm³/mol. The van der Waals surface area contributed by atoms with Gasteiger partial charge in [-0.25, -0.2) is 0 Å². The van der Waals surface area contributed by atoms with Crippen LogP contribution in [0.3, 0.4) is 0 Å². The van der Waals surface area contributed by atoms with Gasteiger partial charge in [0.05, 0.1) is 6.42 Å². The van der Waals surface area contributed by atoms with Gasteiger partial charge in [0, 0.05) is 12.4 Å². The molecule has 0 saturated carbocycles. The van der Waals surface area contributed by atoms with E-state index in [9.17, 15) is 9.59 Å². The fourth-order valence-corrected chi connectivity index (χ4v) is 3.60. The van der Waals surface area contributed by atoms with E-state index in [-0.39, 0.29) is 38.1 Å². The summed E-state index contributed by atoms with van der Waals surface area (Å²) < 4.78 is 0. The summed E-state index contributed by atoms with van der Waals surface area (Å²) >= 11 is 0. The number of ketones is 2. The van der Waals surface area contributed by atoms with E-state index in [0.29, 0.717) is 0 Å². The molecule has 0 fully saturated rings. The fraction of sp³-hybridized carbons (Fsp3) is 0.103. The number of hydrogen-bond donors (Lipinski definition) is 0. The molecule has 0 amide bonds. The Bertz CT molecular complexity index is 1420. The summed E-state index contributed by atoms with van der Waals surface area (Å²) in [5.74, 6) is -0.125. The number of pyridine rings is 4. The molecule has 0 bridgehead atoms. The van der Waals surface area contributed by atoms with Crippen LogP contribution in [0, 0.1) is 12.1 Å². The van der Waals surface area contributed by atoms with Crippen LogP contribution in [0.4, 0.5) is 0 Å². The summed E-state index contributed by atoms with van der Waals surface area (Å²) in [6.07, 6.45) is 7.17. The van der Waals surface area contributed by atoms with Gasteiger partial charge in [-0.1, -0.05) is 59.6 Å². The van der Waals surface area contributed by atoms with Gasteiger partial charge < -0.3 is 19.9 Å². The SMILES string of the molecule is CC(=O)CC(C)=O.[Ir+3].[c-]1ccnc2ccc3cccnc3c12.[c-]1ccnc2ccc3cccnc3c12. The molecule has 0 aliphatic heterocycles. The van der Waals surface area contributed by atoms with E-state index < -0.39 is 0 Å². The molecule has 4 aromatic heterocycles. The third-order valence-corrected chi connectivity index (χ3v) is 5.03. The van der Waals surface area contributed by atoms with Crippen LogP contribution in [0.15, 0.2) is 85.5 Å². The Morgan fingerprint density at radius 3 is 1.47 bits per heavy atom. The zero-order valence-electron chi connectivity index (χ0n) is 19.7. The number of Topliss-reactive ketones (excluding diaryl/α,β-unsaturated/α-hetero) is 2. The van der Waals surface area contributed by atoms with Crippen LogP contribution in [0.2, 0.25) is 0 Å². The molecule has 36 heavy (non-hydrogen) atoms. The zero-order valence-corrected chi connectivity index (χ0v) is 22.1. The Hall–Kier alpha value is -3.93. The zero-order chi connectivity index (χ0) is 24.6. The molecule has 0 radical (unpaired) electrons. The molecule has 6 rings (SSSR count). The van der Waals surface area contributed by atoms with Crippen LogP contribution in [-0.4, -0.2) is 31.5 Å². The molecule has 0 N–H and O–H groups in total. The number of carbonyl (C=O) groups excluding carboxylic acids is 2. The van der Waals surface area contributed by atoms with Gasteiger partial charge in [-0.2, -0.15) is 0 Å². The molecule has 0 aliphatic carbocycles. The van der Waals surface area contributed by atoms with Crippen molar-refractivity contribution in [1.29, 1.82) is 0 Å². The van der Waals surface area contributed by atoms with Gasteiger partial charge in [-0.3, -0.25) is 9.59 Å². The van der Waals surface area contributed by atoms with Crippen molar-refractivity contribution in [3.05, 3.63) is 97.6 Å². The molecule has 6 nitrogen and oxygen atoms in total. The molecule has 6 aromatic rings. The summed E-state index contributed by atoms with van der Waals surface area (Å²) in [5, 5.41) is 4.24. The summed E-state index contributed by atoms with van der Waals surface area (Å²) in [5.41, 5.74) is 3.83. The smallest absolute Gasteiger partial charge is 0.352 e. The average Bonchev–Trinajstić information content (AvgIpc) is 2.88. The van der Waals surface area contributed by atoms with Crippen molar-refractivity contribution in [2.45, 2.75) is 20.3 Å². The first-order chi connectivity index (χ1) is 17.0. The van der Waals surface area contributed by atoms with E-state index in [1.165, 1.54) is 13.8 Å². The van der Waals surface area contributed by atoms with Gasteiger partial charge in [0.25, 0.3) is 0 Å². The van der Waals surface area contributed by atoms with Crippen molar-refractivity contribution in [2.24, 2.45) is 0 Å². The van der Waals surface area contributed by atoms with Crippen LogP contribution in [0.5, 0.6) is 0 Å². The van der Waals surface area contributed by atoms with Crippen LogP contribution >= 0.6 is 0 Å². The molecule has 7 heteroatoms. The van der Waals surface area contributed by atoms with E-state index in [1.54, 1.807) is 24.8 Å². The summed E-state index contributed by atoms with van der Waals surface area (Å²) in [7, 11) is 0. The second kappa shape index (κ2) is 12.7. The van der Waals surface area contributed by atoms with Crippen LogP contribution in [0.1, 0.15) is 20.3 Å². The fourth-order valence-electron chi connectivity index (χ4n) is 3.60. The number of benzene rings is 2. The summed E-state index contributed by atoms with van der Waals surface area (Å²) in [4.78, 5) is 37.3. The third kappa shape index (κ3) is 6.60. The molecule has 178 valence electrons. The molecule has 0 aliphatic rings. The molecule has 0 unspecified atom stereocenters. The van der Waals surface area contributed by atoms with Gasteiger partial charge >= 0.3 is 20.1 Å². The number of carbonyl (C=O) groups is 2. The monoisotopic (exact) mass is 651 g/mol. The number of nitrogens with zero attached hydrogens (tertiary/aromatic N) is 4. The second-order valence-corrected chi connectivity index (χ2v) is 7.83. The van der Waals surface area contributed by atoms with Crippen molar-refractivity contribution in [1.82, 2.24) is 19.9 Å². The van der Waals surface area contributed by atoms with E-state index in [1.807, 2.05) is 60.7 Å². The van der Waals surface area contributed by atoms with E-state index in [0.717, 1.165) is 43.6 Å². The Morgan fingerprint density at radius 1 is 0.639 bits per heavy atom. The molecular weight excluding hydrogens is 629 g/mol. The maximum Gasteiger partial charge on any atom is 3.00 e. The Kier molecular flexibility index (Phi) is 9.39. The normalized spacial score (nSPS) is 10.1. The average molecular weight is 651 g/mol. The summed E-state index contributed by atoms with van der Waals surface area (Å²) in [6, 6.07) is 26.0. The van der Waals surface area contributed by atoms with Gasteiger partial charge in [-0.15, -0.1) is 24.3 Å². The maximum absolute atomic E-state index is 10.0. The van der Waals surface area contributed by atoms with Gasteiger partial charge in [0.2, 0.25) is 0 Å². The first kappa shape index (κ1) is 26.7. The van der Waals surface area contributed by atoms with E-state index >= 15 is 0 Å².